The summed E-state index contributed by atoms with van der Waals surface area (Å²) in [5.41, 5.74) is -2.61. The monoisotopic (exact) mass is 587 g/mol. The number of alkyl halides is 3. The Morgan fingerprint density at radius 1 is 1.05 bits per heavy atom. The lowest BCUT2D eigenvalue weighted by molar-refractivity contribution is -0.170. The molecular weight excluding hydrogens is 563 g/mol. The number of piperidine rings is 1. The van der Waals surface area contributed by atoms with Crippen molar-refractivity contribution in [3.63, 3.8) is 0 Å². The summed E-state index contributed by atoms with van der Waals surface area (Å²) in [5, 5.41) is 39.3. The highest BCUT2D eigenvalue weighted by Gasteiger charge is 2.41. The summed E-state index contributed by atoms with van der Waals surface area (Å²) >= 11 is 1.52. The van der Waals surface area contributed by atoms with E-state index in [0.29, 0.717) is 41.7 Å². The van der Waals surface area contributed by atoms with Crippen LogP contribution in [-0.4, -0.2) is 87.4 Å². The molecule has 13 nitrogen and oxygen atoms in total. The maximum Gasteiger partial charge on any atom is 0.433 e. The van der Waals surface area contributed by atoms with Crippen molar-refractivity contribution in [1.29, 1.82) is 0 Å². The number of carbonyl (C=O) groups excluding carboxylic acids is 1. The maximum atomic E-state index is 13.3. The van der Waals surface area contributed by atoms with E-state index in [1.54, 1.807) is 4.90 Å². The number of aliphatic hydroxyl groups is 1. The Labute approximate surface area is 227 Å². The van der Waals surface area contributed by atoms with Gasteiger partial charge in [-0.15, -0.1) is 11.3 Å². The van der Waals surface area contributed by atoms with Gasteiger partial charge in [0.05, 0.1) is 18.4 Å². The number of nitrogens with zero attached hydrogens (tertiary/aromatic N) is 5. The molecule has 4 N–H and O–H groups in total. The Hall–Kier alpha value is -4.12. The molecule has 40 heavy (non-hydrogen) atoms. The van der Waals surface area contributed by atoms with E-state index in [1.807, 2.05) is 18.4 Å². The summed E-state index contributed by atoms with van der Waals surface area (Å²) in [6.07, 6.45) is -4.65. The molecule has 0 spiro atoms. The molecule has 1 fully saturated rings. The highest BCUT2D eigenvalue weighted by atomic mass is 32.1. The largest absolute Gasteiger partial charge is 0.481 e. The van der Waals surface area contributed by atoms with Gasteiger partial charge in [0.15, 0.2) is 11.3 Å². The highest BCUT2D eigenvalue weighted by molar-refractivity contribution is 7.10. The van der Waals surface area contributed by atoms with Crippen LogP contribution in [0.15, 0.2) is 23.8 Å². The molecule has 1 amide bonds. The van der Waals surface area contributed by atoms with E-state index in [2.05, 4.69) is 15.1 Å². The third kappa shape index (κ3) is 7.29. The van der Waals surface area contributed by atoms with Gasteiger partial charge in [0, 0.05) is 35.0 Å². The van der Waals surface area contributed by atoms with E-state index in [9.17, 15) is 32.3 Å². The first-order valence-electron chi connectivity index (χ1n) is 11.6. The number of hydrogen-bond donors (Lipinski definition) is 4. The zero-order valence-electron chi connectivity index (χ0n) is 20.8. The summed E-state index contributed by atoms with van der Waals surface area (Å²) in [6.45, 7) is 2.91. The molecule has 4 rings (SSSR count). The van der Waals surface area contributed by atoms with Gasteiger partial charge >= 0.3 is 24.1 Å². The first-order valence-corrected chi connectivity index (χ1v) is 12.5. The summed E-state index contributed by atoms with van der Waals surface area (Å²) in [7, 11) is 0. The number of likely N-dealkylation sites (tertiary alicyclic amines) is 1. The predicted molar refractivity (Wildman–Crippen MR) is 130 cm³/mol. The fourth-order valence-electron chi connectivity index (χ4n) is 4.07. The van der Waals surface area contributed by atoms with Gasteiger partial charge in [0.1, 0.15) is 6.33 Å². The minimum absolute atomic E-state index is 0.0327. The standard InChI is InChI=1S/C17H16F3N5OS.C6H8O7/c1-10-6-12(8-27-10)15(26)24-4-2-11(3-5-24)13-7-14(17(18,19)20)25-16(23-13)21-9-22-25;7-3(8)1-6(13,5(11)12)2-4(9)10/h6-9,11H,2-5H2,1H3;13H,1-2H2,(H,7,8)(H,9,10)(H,11,12). The van der Waals surface area contributed by atoms with Gasteiger partial charge in [-0.05, 0) is 31.9 Å². The molecule has 0 bridgehead atoms. The zero-order chi connectivity index (χ0) is 29.8. The lowest BCUT2D eigenvalue weighted by atomic mass is 9.92. The van der Waals surface area contributed by atoms with Gasteiger partial charge in [0.2, 0.25) is 0 Å². The summed E-state index contributed by atoms with van der Waals surface area (Å²) in [5.74, 6) is -5.27. The van der Waals surface area contributed by atoms with Crippen LogP contribution < -0.4 is 0 Å². The molecule has 0 radical (unpaired) electrons. The summed E-state index contributed by atoms with van der Waals surface area (Å²) in [4.78, 5) is 53.9. The third-order valence-corrected chi connectivity index (χ3v) is 6.89. The predicted octanol–water partition coefficient (Wildman–Crippen LogP) is 2.28. The number of halogens is 3. The minimum atomic E-state index is -4.54. The van der Waals surface area contributed by atoms with E-state index in [1.165, 1.54) is 11.3 Å². The number of amides is 1. The van der Waals surface area contributed by atoms with Crippen molar-refractivity contribution in [1.82, 2.24) is 24.5 Å². The molecule has 0 unspecified atom stereocenters. The molecule has 0 aromatic carbocycles. The number of aryl methyl sites for hydroxylation is 1. The van der Waals surface area contributed by atoms with Crippen LogP contribution in [0.5, 0.6) is 0 Å². The van der Waals surface area contributed by atoms with Crippen molar-refractivity contribution in [3.8, 4) is 0 Å². The Morgan fingerprint density at radius 3 is 2.12 bits per heavy atom. The Morgan fingerprint density at radius 2 is 1.65 bits per heavy atom. The molecule has 3 aromatic rings. The smallest absolute Gasteiger partial charge is 0.433 e. The molecule has 4 heterocycles. The maximum absolute atomic E-state index is 13.3. The summed E-state index contributed by atoms with van der Waals surface area (Å²) in [6, 6.07) is 2.90. The minimum Gasteiger partial charge on any atom is -0.481 e. The molecule has 3 aromatic heterocycles. The fraction of sp³-hybridized carbons (Fsp3) is 0.435. The van der Waals surface area contributed by atoms with Gasteiger partial charge in [0.25, 0.3) is 11.7 Å². The van der Waals surface area contributed by atoms with Crippen LogP contribution in [-0.2, 0) is 20.6 Å². The van der Waals surface area contributed by atoms with E-state index in [-0.39, 0.29) is 17.6 Å². The molecule has 1 saturated heterocycles. The number of thiophene rings is 1. The second kappa shape index (κ2) is 12.0. The second-order valence-electron chi connectivity index (χ2n) is 9.03. The van der Waals surface area contributed by atoms with Crippen LogP contribution in [0.2, 0.25) is 0 Å². The summed E-state index contributed by atoms with van der Waals surface area (Å²) < 4.78 is 40.7. The Balaban J connectivity index is 0.000000289. The Bertz CT molecular complexity index is 1400. The van der Waals surface area contributed by atoms with Crippen LogP contribution in [0.25, 0.3) is 5.78 Å². The SMILES string of the molecule is Cc1cc(C(=O)N2CCC(c3cc(C(F)(F)F)n4ncnc4n3)CC2)cs1.O=C(O)CC(O)(CC(=O)O)C(=O)O. The average molecular weight is 588 g/mol. The molecule has 0 aliphatic carbocycles. The lowest BCUT2D eigenvalue weighted by Gasteiger charge is -2.31. The van der Waals surface area contributed by atoms with Crippen LogP contribution in [0.3, 0.4) is 0 Å². The van der Waals surface area contributed by atoms with Crippen LogP contribution in [0.1, 0.15) is 58.2 Å². The molecular formula is C23H24F3N5O8S. The number of aliphatic carboxylic acids is 3. The fourth-order valence-corrected chi connectivity index (χ4v) is 4.75. The average Bonchev–Trinajstić information content (AvgIpc) is 3.50. The number of carboxylic acid groups (broad SMARTS) is 3. The molecule has 17 heteroatoms. The lowest BCUT2D eigenvalue weighted by Crippen LogP contribution is -2.42. The molecule has 216 valence electrons. The van der Waals surface area contributed by atoms with E-state index < -0.39 is 48.2 Å². The van der Waals surface area contributed by atoms with E-state index in [0.717, 1.165) is 17.3 Å². The van der Waals surface area contributed by atoms with Crippen molar-refractivity contribution in [3.05, 3.63) is 45.7 Å². The third-order valence-electron chi connectivity index (χ3n) is 6.03. The van der Waals surface area contributed by atoms with Crippen LogP contribution in [0.4, 0.5) is 13.2 Å². The number of rotatable bonds is 7. The van der Waals surface area contributed by atoms with Gasteiger partial charge in [-0.3, -0.25) is 14.4 Å². The first-order chi connectivity index (χ1) is 18.6. The van der Waals surface area contributed by atoms with Crippen LogP contribution >= 0.6 is 11.3 Å². The van der Waals surface area contributed by atoms with E-state index in [4.69, 9.17) is 20.4 Å². The quantitative estimate of drug-likeness (QED) is 0.317. The normalized spacial score (nSPS) is 14.5. The van der Waals surface area contributed by atoms with Gasteiger partial charge in [-0.2, -0.15) is 27.8 Å². The van der Waals surface area contributed by atoms with Crippen molar-refractivity contribution >= 4 is 40.9 Å². The second-order valence-corrected chi connectivity index (χ2v) is 10.1. The van der Waals surface area contributed by atoms with Gasteiger partial charge < -0.3 is 25.3 Å². The van der Waals surface area contributed by atoms with E-state index >= 15 is 0 Å². The molecule has 1 aliphatic rings. The Kier molecular flexibility index (Phi) is 9.09. The van der Waals surface area contributed by atoms with Crippen LogP contribution in [0, 0.1) is 6.92 Å². The van der Waals surface area contributed by atoms with Gasteiger partial charge in [-0.25, -0.2) is 9.78 Å². The zero-order valence-corrected chi connectivity index (χ0v) is 21.6. The van der Waals surface area contributed by atoms with Crippen molar-refractivity contribution < 1.29 is 52.8 Å². The number of carbonyl (C=O) groups is 4. The molecule has 0 atom stereocenters. The first kappa shape index (κ1) is 30.4. The number of hydrogen-bond acceptors (Lipinski definition) is 9. The van der Waals surface area contributed by atoms with Crippen molar-refractivity contribution in [2.45, 2.75) is 50.3 Å². The van der Waals surface area contributed by atoms with Crippen molar-refractivity contribution in [2.75, 3.05) is 13.1 Å². The molecule has 1 aliphatic heterocycles. The number of fused-ring (bicyclic) bond motifs is 1. The molecule has 0 saturated carbocycles. The topological polar surface area (TPSA) is 196 Å². The highest BCUT2D eigenvalue weighted by Crippen LogP contribution is 2.34. The van der Waals surface area contributed by atoms with Crippen molar-refractivity contribution in [2.24, 2.45) is 0 Å². The number of aromatic nitrogens is 4. The van der Waals surface area contributed by atoms with Gasteiger partial charge in [-0.1, -0.05) is 0 Å². The number of carboxylic acids is 3.